The molecule has 0 aliphatic heterocycles. The quantitative estimate of drug-likeness (QED) is 0.652. The van der Waals surface area contributed by atoms with E-state index < -0.39 is 0 Å². The average Bonchev–Trinajstić information content (AvgIpc) is 2.69. The summed E-state index contributed by atoms with van der Waals surface area (Å²) in [6.45, 7) is 4.15. The summed E-state index contributed by atoms with van der Waals surface area (Å²) in [5.74, 6) is 0. The van der Waals surface area contributed by atoms with Gasteiger partial charge in [-0.3, -0.25) is 4.40 Å². The van der Waals surface area contributed by atoms with Gasteiger partial charge in [-0.15, -0.1) is 0 Å². The molecule has 0 bridgehead atoms. The molecule has 0 atom stereocenters. The Kier molecular flexibility index (Phi) is 2.71. The smallest absolute Gasteiger partial charge is 0.140 e. The molecule has 18 heavy (non-hydrogen) atoms. The molecule has 2 nitrogen and oxygen atoms in total. The van der Waals surface area contributed by atoms with E-state index in [4.69, 9.17) is 0 Å². The molecule has 90 valence electrons. The monoisotopic (exact) mass is 300 g/mol. The van der Waals surface area contributed by atoms with Crippen LogP contribution in [-0.4, -0.2) is 9.38 Å². The van der Waals surface area contributed by atoms with Crippen molar-refractivity contribution in [3.8, 4) is 11.3 Å². The molecule has 0 unspecified atom stereocenters. The third-order valence-electron chi connectivity index (χ3n) is 3.14. The van der Waals surface area contributed by atoms with Gasteiger partial charge in [-0.25, -0.2) is 4.98 Å². The summed E-state index contributed by atoms with van der Waals surface area (Å²) in [4.78, 5) is 4.66. The Balaban J connectivity index is 2.32. The van der Waals surface area contributed by atoms with E-state index >= 15 is 0 Å². The van der Waals surface area contributed by atoms with E-state index in [1.54, 1.807) is 0 Å². The second-order valence-corrected chi connectivity index (χ2v) is 5.35. The van der Waals surface area contributed by atoms with Crippen molar-refractivity contribution in [1.29, 1.82) is 0 Å². The lowest BCUT2D eigenvalue weighted by molar-refractivity contribution is 1.17. The summed E-state index contributed by atoms with van der Waals surface area (Å²) < 4.78 is 3.25. The van der Waals surface area contributed by atoms with Crippen LogP contribution in [0.2, 0.25) is 0 Å². The first kappa shape index (κ1) is 11.5. The number of nitrogens with zero attached hydrogens (tertiary/aromatic N) is 2. The predicted octanol–water partition coefficient (Wildman–Crippen LogP) is 4.38. The standard InChI is InChI=1S/C15H13BrN2/c1-10-4-3-9-18-14(11(2)17-15(10)18)12-5-7-13(16)8-6-12/h3-9H,1-2H3. The lowest BCUT2D eigenvalue weighted by Crippen LogP contribution is -1.90. The molecule has 3 aromatic rings. The van der Waals surface area contributed by atoms with E-state index in [1.807, 2.05) is 0 Å². The zero-order chi connectivity index (χ0) is 12.7. The van der Waals surface area contributed by atoms with Crippen molar-refractivity contribution in [3.05, 3.63) is 58.3 Å². The maximum absolute atomic E-state index is 4.66. The van der Waals surface area contributed by atoms with Crippen LogP contribution >= 0.6 is 15.9 Å². The molecule has 3 heteroatoms. The number of fused-ring (bicyclic) bond motifs is 1. The normalized spacial score (nSPS) is 11.1. The molecule has 2 aromatic heterocycles. The Morgan fingerprint density at radius 1 is 1.06 bits per heavy atom. The summed E-state index contributed by atoms with van der Waals surface area (Å²) in [5.41, 5.74) is 5.65. The zero-order valence-electron chi connectivity index (χ0n) is 10.3. The van der Waals surface area contributed by atoms with Gasteiger partial charge < -0.3 is 0 Å². The molecular formula is C15H13BrN2. The number of pyridine rings is 1. The topological polar surface area (TPSA) is 17.3 Å². The van der Waals surface area contributed by atoms with Crippen LogP contribution in [0.4, 0.5) is 0 Å². The Bertz CT molecular complexity index is 711. The highest BCUT2D eigenvalue weighted by molar-refractivity contribution is 9.10. The average molecular weight is 301 g/mol. The van der Waals surface area contributed by atoms with Gasteiger partial charge in [-0.05, 0) is 37.6 Å². The van der Waals surface area contributed by atoms with Gasteiger partial charge in [-0.1, -0.05) is 34.1 Å². The third kappa shape index (κ3) is 1.75. The highest BCUT2D eigenvalue weighted by Crippen LogP contribution is 2.27. The number of aromatic nitrogens is 2. The van der Waals surface area contributed by atoms with Crippen molar-refractivity contribution in [2.75, 3.05) is 0 Å². The first-order chi connectivity index (χ1) is 8.66. The summed E-state index contributed by atoms with van der Waals surface area (Å²) >= 11 is 3.47. The van der Waals surface area contributed by atoms with Crippen molar-refractivity contribution >= 4 is 21.6 Å². The molecule has 2 heterocycles. The van der Waals surface area contributed by atoms with Crippen molar-refractivity contribution in [2.45, 2.75) is 13.8 Å². The van der Waals surface area contributed by atoms with Gasteiger partial charge >= 0.3 is 0 Å². The first-order valence-corrected chi connectivity index (χ1v) is 6.66. The highest BCUT2D eigenvalue weighted by Gasteiger charge is 2.11. The minimum atomic E-state index is 1.04. The summed E-state index contributed by atoms with van der Waals surface area (Å²) in [6.07, 6.45) is 2.07. The Hall–Kier alpha value is -1.61. The minimum absolute atomic E-state index is 1.04. The Labute approximate surface area is 114 Å². The fourth-order valence-corrected chi connectivity index (χ4v) is 2.54. The number of halogens is 1. The van der Waals surface area contributed by atoms with Gasteiger partial charge in [0.05, 0.1) is 11.4 Å². The van der Waals surface area contributed by atoms with Crippen LogP contribution in [0.3, 0.4) is 0 Å². The lowest BCUT2D eigenvalue weighted by Gasteiger charge is -2.04. The van der Waals surface area contributed by atoms with Crippen LogP contribution in [0.1, 0.15) is 11.3 Å². The van der Waals surface area contributed by atoms with Gasteiger partial charge in [0.1, 0.15) is 5.65 Å². The molecule has 0 aliphatic rings. The molecule has 0 aliphatic carbocycles. The highest BCUT2D eigenvalue weighted by atomic mass is 79.9. The second kappa shape index (κ2) is 4.25. The number of rotatable bonds is 1. The Morgan fingerprint density at radius 2 is 1.78 bits per heavy atom. The summed E-state index contributed by atoms with van der Waals surface area (Å²) in [5, 5.41) is 0. The van der Waals surface area contributed by atoms with Crippen molar-refractivity contribution < 1.29 is 0 Å². The maximum atomic E-state index is 4.66. The molecule has 0 spiro atoms. The Morgan fingerprint density at radius 3 is 2.50 bits per heavy atom. The van der Waals surface area contributed by atoms with E-state index in [0.29, 0.717) is 0 Å². The number of hydrogen-bond donors (Lipinski definition) is 0. The third-order valence-corrected chi connectivity index (χ3v) is 3.67. The lowest BCUT2D eigenvalue weighted by atomic mass is 10.1. The van der Waals surface area contributed by atoms with Gasteiger partial charge in [0, 0.05) is 16.2 Å². The molecule has 1 aromatic carbocycles. The second-order valence-electron chi connectivity index (χ2n) is 4.44. The van der Waals surface area contributed by atoms with E-state index in [0.717, 1.165) is 15.8 Å². The molecule has 0 amide bonds. The molecule has 0 saturated carbocycles. The molecule has 0 fully saturated rings. The number of aryl methyl sites for hydroxylation is 2. The fraction of sp³-hybridized carbons (Fsp3) is 0.133. The van der Waals surface area contributed by atoms with Crippen LogP contribution in [0, 0.1) is 13.8 Å². The van der Waals surface area contributed by atoms with E-state index in [9.17, 15) is 0 Å². The summed E-state index contributed by atoms with van der Waals surface area (Å²) in [6, 6.07) is 12.5. The molecule has 0 radical (unpaired) electrons. The minimum Gasteiger partial charge on any atom is -0.299 e. The van der Waals surface area contributed by atoms with Crippen LogP contribution in [0.15, 0.2) is 47.1 Å². The van der Waals surface area contributed by atoms with Gasteiger partial charge in [0.15, 0.2) is 0 Å². The maximum Gasteiger partial charge on any atom is 0.140 e. The number of imidazole rings is 1. The largest absolute Gasteiger partial charge is 0.299 e. The van der Waals surface area contributed by atoms with Crippen molar-refractivity contribution in [3.63, 3.8) is 0 Å². The number of hydrogen-bond acceptors (Lipinski definition) is 1. The SMILES string of the molecule is Cc1nc2c(C)cccn2c1-c1ccc(Br)cc1. The first-order valence-electron chi connectivity index (χ1n) is 5.87. The van der Waals surface area contributed by atoms with Gasteiger partial charge in [0.25, 0.3) is 0 Å². The molecule has 3 rings (SSSR count). The van der Waals surface area contributed by atoms with E-state index in [2.05, 4.69) is 81.8 Å². The van der Waals surface area contributed by atoms with Crippen LogP contribution < -0.4 is 0 Å². The van der Waals surface area contributed by atoms with Crippen molar-refractivity contribution in [1.82, 2.24) is 9.38 Å². The predicted molar refractivity (Wildman–Crippen MR) is 77.8 cm³/mol. The number of benzene rings is 1. The fourth-order valence-electron chi connectivity index (χ4n) is 2.27. The molecular weight excluding hydrogens is 288 g/mol. The van der Waals surface area contributed by atoms with Crippen LogP contribution in [0.5, 0.6) is 0 Å². The van der Waals surface area contributed by atoms with Crippen LogP contribution in [-0.2, 0) is 0 Å². The van der Waals surface area contributed by atoms with Crippen LogP contribution in [0.25, 0.3) is 16.9 Å². The zero-order valence-corrected chi connectivity index (χ0v) is 11.9. The van der Waals surface area contributed by atoms with Crippen molar-refractivity contribution in [2.24, 2.45) is 0 Å². The van der Waals surface area contributed by atoms with E-state index in [1.165, 1.54) is 16.8 Å². The molecule has 0 saturated heterocycles. The van der Waals surface area contributed by atoms with Gasteiger partial charge in [-0.2, -0.15) is 0 Å². The van der Waals surface area contributed by atoms with Gasteiger partial charge in [0.2, 0.25) is 0 Å². The summed E-state index contributed by atoms with van der Waals surface area (Å²) in [7, 11) is 0. The molecule has 0 N–H and O–H groups in total. The van der Waals surface area contributed by atoms with E-state index in [-0.39, 0.29) is 0 Å².